The van der Waals surface area contributed by atoms with Crippen molar-refractivity contribution in [2.45, 2.75) is 44.0 Å². The van der Waals surface area contributed by atoms with Crippen LogP contribution in [0.15, 0.2) is 30.5 Å². The molecule has 1 fully saturated rings. The van der Waals surface area contributed by atoms with Crippen molar-refractivity contribution in [2.75, 3.05) is 21.3 Å². The van der Waals surface area contributed by atoms with Gasteiger partial charge in [-0.3, -0.25) is 4.79 Å². The summed E-state index contributed by atoms with van der Waals surface area (Å²) < 4.78 is 59.6. The third-order valence-electron chi connectivity index (χ3n) is 5.31. The second-order valence-corrected chi connectivity index (χ2v) is 7.33. The Labute approximate surface area is 183 Å². The Morgan fingerprint density at radius 1 is 0.969 bits per heavy atom. The number of pyridine rings is 1. The van der Waals surface area contributed by atoms with Crippen molar-refractivity contribution in [3.63, 3.8) is 0 Å². The molecule has 7 nitrogen and oxygen atoms in total. The Hall–Kier alpha value is -3.17. The molecule has 1 N–H and O–H groups in total. The molecule has 0 unspecified atom stereocenters. The smallest absolute Gasteiger partial charge is 0.417 e. The number of methoxy groups -OCH3 is 3. The van der Waals surface area contributed by atoms with Gasteiger partial charge in [-0.15, -0.1) is 0 Å². The largest absolute Gasteiger partial charge is 0.493 e. The minimum Gasteiger partial charge on any atom is -0.493 e. The van der Waals surface area contributed by atoms with Crippen LogP contribution in [-0.2, 0) is 6.18 Å². The maximum atomic E-state index is 12.8. The fourth-order valence-electron chi connectivity index (χ4n) is 3.66. The molecule has 0 radical (unpaired) electrons. The predicted molar refractivity (Wildman–Crippen MR) is 109 cm³/mol. The van der Waals surface area contributed by atoms with Crippen LogP contribution in [-0.4, -0.2) is 44.4 Å². The van der Waals surface area contributed by atoms with Crippen LogP contribution in [0.25, 0.3) is 0 Å². The Morgan fingerprint density at radius 3 is 2.19 bits per heavy atom. The molecule has 2 aromatic rings. The van der Waals surface area contributed by atoms with Crippen molar-refractivity contribution in [3.8, 4) is 23.1 Å². The SMILES string of the molecule is COc1ccc(C(=O)NC2CCC(Oc3ccc(C(F)(F)F)cn3)CC2)c(OC)c1OC. The number of alkyl halides is 3. The van der Waals surface area contributed by atoms with E-state index in [-0.39, 0.29) is 29.7 Å². The lowest BCUT2D eigenvalue weighted by Crippen LogP contribution is -2.39. The highest BCUT2D eigenvalue weighted by Crippen LogP contribution is 2.40. The second-order valence-electron chi connectivity index (χ2n) is 7.33. The van der Waals surface area contributed by atoms with Gasteiger partial charge in [-0.2, -0.15) is 13.2 Å². The molecule has 1 aliphatic carbocycles. The summed E-state index contributed by atoms with van der Waals surface area (Å²) in [7, 11) is 4.42. The quantitative estimate of drug-likeness (QED) is 0.674. The van der Waals surface area contributed by atoms with Crippen molar-refractivity contribution in [1.29, 1.82) is 0 Å². The molecular weight excluding hydrogens is 429 g/mol. The van der Waals surface area contributed by atoms with E-state index in [1.807, 2.05) is 0 Å². The Balaban J connectivity index is 1.56. The van der Waals surface area contributed by atoms with Gasteiger partial charge in [-0.1, -0.05) is 0 Å². The van der Waals surface area contributed by atoms with Gasteiger partial charge in [0, 0.05) is 18.3 Å². The maximum absolute atomic E-state index is 12.8. The first-order valence-corrected chi connectivity index (χ1v) is 10.1. The van der Waals surface area contributed by atoms with Gasteiger partial charge in [0.25, 0.3) is 5.91 Å². The highest BCUT2D eigenvalue weighted by molar-refractivity contribution is 5.98. The van der Waals surface area contributed by atoms with Crippen molar-refractivity contribution >= 4 is 5.91 Å². The molecule has 0 bridgehead atoms. The summed E-state index contributed by atoms with van der Waals surface area (Å²) in [4.78, 5) is 16.6. The number of rotatable bonds is 7. The van der Waals surface area contributed by atoms with Crippen LogP contribution in [0.5, 0.6) is 23.1 Å². The van der Waals surface area contributed by atoms with Crippen LogP contribution in [0.1, 0.15) is 41.6 Å². The Bertz CT molecular complexity index is 926. The van der Waals surface area contributed by atoms with Crippen molar-refractivity contribution in [3.05, 3.63) is 41.6 Å². The van der Waals surface area contributed by atoms with Gasteiger partial charge in [0.15, 0.2) is 11.5 Å². The van der Waals surface area contributed by atoms with Crippen molar-refractivity contribution in [2.24, 2.45) is 0 Å². The van der Waals surface area contributed by atoms with Crippen molar-refractivity contribution in [1.82, 2.24) is 10.3 Å². The second kappa shape index (κ2) is 9.97. The van der Waals surface area contributed by atoms with E-state index >= 15 is 0 Å². The summed E-state index contributed by atoms with van der Waals surface area (Å²) in [6.45, 7) is 0. The molecule has 1 amide bonds. The summed E-state index contributed by atoms with van der Waals surface area (Å²) in [5.74, 6) is 0.936. The van der Waals surface area contributed by atoms with E-state index in [0.717, 1.165) is 12.3 Å². The molecule has 1 aromatic carbocycles. The number of nitrogens with one attached hydrogen (secondary N) is 1. The number of hydrogen-bond acceptors (Lipinski definition) is 6. The predicted octanol–water partition coefficient (Wildman–Crippen LogP) is 4.25. The number of aromatic nitrogens is 1. The third-order valence-corrected chi connectivity index (χ3v) is 5.31. The lowest BCUT2D eigenvalue weighted by atomic mass is 9.92. The number of nitrogens with zero attached hydrogens (tertiary/aromatic N) is 1. The van der Waals surface area contributed by atoms with Crippen LogP contribution in [0.3, 0.4) is 0 Å². The average molecular weight is 454 g/mol. The van der Waals surface area contributed by atoms with E-state index in [0.29, 0.717) is 42.7 Å². The summed E-state index contributed by atoms with van der Waals surface area (Å²) in [5, 5.41) is 3.00. The summed E-state index contributed by atoms with van der Waals surface area (Å²) in [5.41, 5.74) is -0.487. The van der Waals surface area contributed by atoms with Crippen LogP contribution in [0.4, 0.5) is 13.2 Å². The summed E-state index contributed by atoms with van der Waals surface area (Å²) in [6, 6.07) is 5.35. The van der Waals surface area contributed by atoms with Gasteiger partial charge in [-0.25, -0.2) is 4.98 Å². The third kappa shape index (κ3) is 5.35. The first-order valence-electron chi connectivity index (χ1n) is 10.1. The molecule has 0 spiro atoms. The number of halogens is 3. The van der Waals surface area contributed by atoms with Crippen LogP contribution in [0, 0.1) is 0 Å². The average Bonchev–Trinajstić information content (AvgIpc) is 2.78. The van der Waals surface area contributed by atoms with Crippen molar-refractivity contribution < 1.29 is 36.9 Å². The van der Waals surface area contributed by atoms with Gasteiger partial charge in [-0.05, 0) is 43.9 Å². The summed E-state index contributed by atoms with van der Waals surface area (Å²) >= 11 is 0. The van der Waals surface area contributed by atoms with Crippen LogP contribution in [0.2, 0.25) is 0 Å². The highest BCUT2D eigenvalue weighted by Gasteiger charge is 2.31. The van der Waals surface area contributed by atoms with Gasteiger partial charge in [0.2, 0.25) is 11.6 Å². The number of ether oxygens (including phenoxy) is 4. The number of benzene rings is 1. The van der Waals surface area contributed by atoms with E-state index in [1.54, 1.807) is 12.1 Å². The molecule has 1 aliphatic rings. The topological polar surface area (TPSA) is 78.9 Å². The molecule has 0 aliphatic heterocycles. The minimum absolute atomic E-state index is 0.0688. The molecular formula is C22H25F3N2O5. The van der Waals surface area contributed by atoms with Crippen LogP contribution >= 0.6 is 0 Å². The van der Waals surface area contributed by atoms with Gasteiger partial charge in [0.05, 0.1) is 32.5 Å². The highest BCUT2D eigenvalue weighted by atomic mass is 19.4. The van der Waals surface area contributed by atoms with Gasteiger partial charge >= 0.3 is 6.18 Å². The fourth-order valence-corrected chi connectivity index (χ4v) is 3.66. The Morgan fingerprint density at radius 2 is 1.66 bits per heavy atom. The molecule has 1 heterocycles. The number of carbonyl (C=O) groups excluding carboxylic acids is 1. The zero-order valence-corrected chi connectivity index (χ0v) is 18.0. The lowest BCUT2D eigenvalue weighted by molar-refractivity contribution is -0.137. The molecule has 0 atom stereocenters. The maximum Gasteiger partial charge on any atom is 0.417 e. The number of carbonyl (C=O) groups is 1. The molecule has 0 saturated heterocycles. The van der Waals surface area contributed by atoms with E-state index in [2.05, 4.69) is 10.3 Å². The normalized spacial score (nSPS) is 18.6. The number of hydrogen-bond donors (Lipinski definition) is 1. The summed E-state index contributed by atoms with van der Waals surface area (Å²) in [6.07, 6.45) is -1.26. The monoisotopic (exact) mass is 454 g/mol. The van der Waals surface area contributed by atoms with E-state index < -0.39 is 11.7 Å². The molecule has 1 aromatic heterocycles. The first-order chi connectivity index (χ1) is 15.3. The van der Waals surface area contributed by atoms with Crippen LogP contribution < -0.4 is 24.3 Å². The Kier molecular flexibility index (Phi) is 7.32. The molecule has 174 valence electrons. The lowest BCUT2D eigenvalue weighted by Gasteiger charge is -2.29. The first kappa shape index (κ1) is 23.5. The van der Waals surface area contributed by atoms with E-state index in [9.17, 15) is 18.0 Å². The van der Waals surface area contributed by atoms with Gasteiger partial charge in [0.1, 0.15) is 6.10 Å². The fraction of sp³-hybridized carbons (Fsp3) is 0.455. The number of amides is 1. The zero-order chi connectivity index (χ0) is 23.3. The van der Waals surface area contributed by atoms with E-state index in [1.165, 1.54) is 27.4 Å². The molecule has 10 heteroatoms. The molecule has 3 rings (SSSR count). The molecule has 1 saturated carbocycles. The minimum atomic E-state index is -4.43. The standard InChI is InChI=1S/C22H25F3N2O5/c1-29-17-10-9-16(19(30-2)20(17)31-3)21(28)27-14-5-7-15(8-6-14)32-18-11-4-13(12-26-18)22(23,24)25/h4,9-12,14-15H,5-8H2,1-3H3,(H,27,28). The van der Waals surface area contributed by atoms with Gasteiger partial charge < -0.3 is 24.3 Å². The zero-order valence-electron chi connectivity index (χ0n) is 18.0. The molecule has 32 heavy (non-hydrogen) atoms. The van der Waals surface area contributed by atoms with E-state index in [4.69, 9.17) is 18.9 Å².